The van der Waals surface area contributed by atoms with Crippen LogP contribution in [0.25, 0.3) is 108 Å². The molecule has 0 N–H and O–H groups in total. The molecule has 0 amide bonds. The van der Waals surface area contributed by atoms with Gasteiger partial charge in [0, 0.05) is 55.6 Å². The van der Waals surface area contributed by atoms with Gasteiger partial charge in [-0.1, -0.05) is 218 Å². The molecule has 0 fully saturated rings. The van der Waals surface area contributed by atoms with Crippen molar-refractivity contribution in [3.63, 3.8) is 0 Å². The molecule has 0 aliphatic heterocycles. The van der Waals surface area contributed by atoms with E-state index in [1.54, 1.807) is 0 Å². The van der Waals surface area contributed by atoms with Crippen molar-refractivity contribution in [3.05, 3.63) is 224 Å². The Balaban J connectivity index is 1.04. The minimum atomic E-state index is 0.577. The zero-order valence-electron chi connectivity index (χ0n) is 35.8. The SMILES string of the molecule is C1=CC(c2nc(-c3ccccc3)nc(-c3ccc(-c4nc(-c5ccccc5)c(-c5ccccc5)nc4-c4ccc(-c5nc(-c6ccccc6)nc(-c6ccccc6)n5)cc4)cc3)n2)=CCC1. The van der Waals surface area contributed by atoms with Crippen molar-refractivity contribution in [2.45, 2.75) is 12.8 Å². The fourth-order valence-electron chi connectivity index (χ4n) is 8.05. The molecule has 0 saturated carbocycles. The van der Waals surface area contributed by atoms with E-state index in [-0.39, 0.29) is 0 Å². The third kappa shape index (κ3) is 8.34. The maximum atomic E-state index is 5.52. The van der Waals surface area contributed by atoms with E-state index in [0.29, 0.717) is 34.9 Å². The number of aromatic nitrogens is 8. The van der Waals surface area contributed by atoms with Gasteiger partial charge in [0.1, 0.15) is 0 Å². The van der Waals surface area contributed by atoms with Crippen LogP contribution in [0.5, 0.6) is 0 Å². The Hall–Kier alpha value is -8.88. The summed E-state index contributed by atoms with van der Waals surface area (Å²) in [6, 6.07) is 67.1. The van der Waals surface area contributed by atoms with Crippen LogP contribution in [0, 0.1) is 0 Å². The number of rotatable bonds is 10. The molecule has 11 rings (SSSR count). The minimum absolute atomic E-state index is 0.577. The fourth-order valence-corrected chi connectivity index (χ4v) is 8.05. The number of hydrogen-bond donors (Lipinski definition) is 0. The van der Waals surface area contributed by atoms with E-state index in [2.05, 4.69) is 91.0 Å². The van der Waals surface area contributed by atoms with Crippen LogP contribution in [-0.4, -0.2) is 39.9 Å². The summed E-state index contributed by atoms with van der Waals surface area (Å²) in [6.07, 6.45) is 8.42. The van der Waals surface area contributed by atoms with Gasteiger partial charge in [0.15, 0.2) is 34.9 Å². The zero-order chi connectivity index (χ0) is 44.1. The van der Waals surface area contributed by atoms with Gasteiger partial charge in [-0.2, -0.15) is 0 Å². The maximum Gasteiger partial charge on any atom is 0.164 e. The summed E-state index contributed by atoms with van der Waals surface area (Å²) in [4.78, 5) is 40.8. The van der Waals surface area contributed by atoms with Gasteiger partial charge in [-0.25, -0.2) is 39.9 Å². The van der Waals surface area contributed by atoms with Gasteiger partial charge in [0.2, 0.25) is 0 Å². The van der Waals surface area contributed by atoms with Gasteiger partial charge in [-0.3, -0.25) is 0 Å². The molecule has 66 heavy (non-hydrogen) atoms. The molecule has 0 spiro atoms. The van der Waals surface area contributed by atoms with E-state index in [1.165, 1.54) is 0 Å². The van der Waals surface area contributed by atoms with E-state index in [1.807, 2.05) is 127 Å². The van der Waals surface area contributed by atoms with Crippen molar-refractivity contribution in [2.24, 2.45) is 0 Å². The summed E-state index contributed by atoms with van der Waals surface area (Å²) in [5.41, 5.74) is 12.3. The highest BCUT2D eigenvalue weighted by Crippen LogP contribution is 2.38. The predicted molar refractivity (Wildman–Crippen MR) is 264 cm³/mol. The monoisotopic (exact) mass is 848 g/mol. The van der Waals surface area contributed by atoms with Gasteiger partial charge in [-0.05, 0) is 12.8 Å². The zero-order valence-corrected chi connectivity index (χ0v) is 35.8. The summed E-state index contributed by atoms with van der Waals surface area (Å²) in [6.45, 7) is 0. The lowest BCUT2D eigenvalue weighted by atomic mass is 9.98. The van der Waals surface area contributed by atoms with Crippen LogP contribution >= 0.6 is 0 Å². The lowest BCUT2D eigenvalue weighted by Gasteiger charge is -2.16. The molecule has 312 valence electrons. The van der Waals surface area contributed by atoms with Crippen molar-refractivity contribution in [3.8, 4) is 102 Å². The molecule has 0 bridgehead atoms. The molecule has 1 aliphatic carbocycles. The van der Waals surface area contributed by atoms with Crippen LogP contribution < -0.4 is 0 Å². The van der Waals surface area contributed by atoms with Gasteiger partial charge >= 0.3 is 0 Å². The number of benzene rings is 7. The van der Waals surface area contributed by atoms with Crippen molar-refractivity contribution in [1.29, 1.82) is 0 Å². The van der Waals surface area contributed by atoms with E-state index < -0.39 is 0 Å². The largest absolute Gasteiger partial charge is 0.243 e. The molecule has 8 heteroatoms. The average Bonchev–Trinajstić information content (AvgIpc) is 3.42. The highest BCUT2D eigenvalue weighted by molar-refractivity contribution is 5.87. The van der Waals surface area contributed by atoms with E-state index in [9.17, 15) is 0 Å². The van der Waals surface area contributed by atoms with Crippen LogP contribution in [0.4, 0.5) is 0 Å². The molecule has 0 radical (unpaired) electrons. The number of nitrogens with zero attached hydrogens (tertiary/aromatic N) is 8. The topological polar surface area (TPSA) is 103 Å². The number of hydrogen-bond acceptors (Lipinski definition) is 8. The van der Waals surface area contributed by atoms with Crippen LogP contribution in [0.3, 0.4) is 0 Å². The smallest absolute Gasteiger partial charge is 0.164 e. The van der Waals surface area contributed by atoms with Crippen LogP contribution in [0.2, 0.25) is 0 Å². The highest BCUT2D eigenvalue weighted by atomic mass is 15.0. The molecule has 7 aromatic carbocycles. The van der Waals surface area contributed by atoms with Gasteiger partial charge < -0.3 is 0 Å². The van der Waals surface area contributed by atoms with Crippen molar-refractivity contribution >= 4 is 5.57 Å². The molecular formula is C58H40N8. The Morgan fingerprint density at radius 1 is 0.227 bits per heavy atom. The Morgan fingerprint density at radius 2 is 0.485 bits per heavy atom. The maximum absolute atomic E-state index is 5.52. The first-order chi connectivity index (χ1) is 32.7. The predicted octanol–water partition coefficient (Wildman–Crippen LogP) is 13.6. The second-order valence-corrected chi connectivity index (χ2v) is 15.9. The number of allylic oxidation sites excluding steroid dienone is 4. The molecule has 0 atom stereocenters. The first-order valence-corrected chi connectivity index (χ1v) is 22.0. The summed E-state index contributed by atoms with van der Waals surface area (Å²) in [5, 5.41) is 0. The Bertz CT molecular complexity index is 3300. The molecule has 10 aromatic rings. The van der Waals surface area contributed by atoms with Gasteiger partial charge in [0.05, 0.1) is 22.8 Å². The Morgan fingerprint density at radius 3 is 0.788 bits per heavy atom. The quantitative estimate of drug-likeness (QED) is 0.134. The second-order valence-electron chi connectivity index (χ2n) is 15.9. The molecule has 3 aromatic heterocycles. The van der Waals surface area contributed by atoms with E-state index in [0.717, 1.165) is 91.3 Å². The first-order valence-electron chi connectivity index (χ1n) is 22.0. The standard InChI is InChI=1S/C58H40N8/c1-7-19-39(20-8-1)49-50(40-21-9-2-10-22-40)60-52(42-33-37-48(38-34-42)58-65-55(45-27-15-5-16-28-45)62-56(66-58)46-29-17-6-18-30-46)51(59-49)41-31-35-47(36-32-41)57-63-53(43-23-11-3-12-24-43)61-54(64-57)44-25-13-4-14-26-44/h1-5,7-17,19-38H,6,18H2. The molecule has 0 unspecified atom stereocenters. The third-order valence-electron chi connectivity index (χ3n) is 11.4. The average molecular weight is 849 g/mol. The van der Waals surface area contributed by atoms with Crippen molar-refractivity contribution < 1.29 is 0 Å². The third-order valence-corrected chi connectivity index (χ3v) is 11.4. The minimum Gasteiger partial charge on any atom is -0.243 e. The van der Waals surface area contributed by atoms with Crippen LogP contribution in [0.1, 0.15) is 18.7 Å². The molecule has 0 saturated heterocycles. The molecule has 3 heterocycles. The van der Waals surface area contributed by atoms with Gasteiger partial charge in [0.25, 0.3) is 0 Å². The molecule has 1 aliphatic rings. The highest BCUT2D eigenvalue weighted by Gasteiger charge is 2.21. The van der Waals surface area contributed by atoms with E-state index in [4.69, 9.17) is 39.9 Å². The second kappa shape index (κ2) is 18.1. The lowest BCUT2D eigenvalue weighted by molar-refractivity contribution is 1.01. The lowest BCUT2D eigenvalue weighted by Crippen LogP contribution is -2.03. The normalized spacial score (nSPS) is 12.2. The summed E-state index contributed by atoms with van der Waals surface area (Å²) in [7, 11) is 0. The molecular weight excluding hydrogens is 809 g/mol. The summed E-state index contributed by atoms with van der Waals surface area (Å²) >= 11 is 0. The Kier molecular flexibility index (Phi) is 10.9. The van der Waals surface area contributed by atoms with E-state index >= 15 is 0 Å². The molecule has 8 nitrogen and oxygen atoms in total. The van der Waals surface area contributed by atoms with Crippen molar-refractivity contribution in [1.82, 2.24) is 39.9 Å². The van der Waals surface area contributed by atoms with Crippen LogP contribution in [0.15, 0.2) is 218 Å². The van der Waals surface area contributed by atoms with Crippen molar-refractivity contribution in [2.75, 3.05) is 0 Å². The Labute approximate surface area is 383 Å². The summed E-state index contributed by atoms with van der Waals surface area (Å²) in [5.74, 6) is 3.68. The van der Waals surface area contributed by atoms with Crippen LogP contribution in [-0.2, 0) is 0 Å². The first kappa shape index (κ1) is 39.9. The van der Waals surface area contributed by atoms with Gasteiger partial charge in [-0.15, -0.1) is 0 Å². The fraction of sp³-hybridized carbons (Fsp3) is 0.0345. The summed E-state index contributed by atoms with van der Waals surface area (Å²) < 4.78 is 0.